The first-order valence-electron chi connectivity index (χ1n) is 9.58. The van der Waals surface area contributed by atoms with Gasteiger partial charge in [-0.1, -0.05) is 11.6 Å². The molecule has 3 aliphatic rings. The van der Waals surface area contributed by atoms with Gasteiger partial charge in [-0.25, -0.2) is 13.9 Å². The van der Waals surface area contributed by atoms with Crippen LogP contribution in [0.5, 0.6) is 5.75 Å². The van der Waals surface area contributed by atoms with Crippen molar-refractivity contribution in [1.29, 1.82) is 0 Å². The number of rotatable bonds is 7. The van der Waals surface area contributed by atoms with Crippen molar-refractivity contribution in [3.8, 4) is 5.75 Å². The van der Waals surface area contributed by atoms with Gasteiger partial charge in [0, 0.05) is 36.5 Å². The number of nitrogens with one attached hydrogen (secondary N) is 1. The van der Waals surface area contributed by atoms with Crippen LogP contribution in [0.3, 0.4) is 0 Å². The quantitative estimate of drug-likeness (QED) is 0.584. The summed E-state index contributed by atoms with van der Waals surface area (Å²) in [5, 5.41) is 7.28. The summed E-state index contributed by atoms with van der Waals surface area (Å²) in [6.07, 6.45) is 6.11. The lowest BCUT2D eigenvalue weighted by atomic mass is 9.38. The normalized spacial score (nSPS) is 24.1. The lowest BCUT2D eigenvalue weighted by molar-refractivity contribution is -0.164. The molecule has 0 radical (unpaired) electrons. The number of fused-ring (bicyclic) bond motifs is 1. The highest BCUT2D eigenvalue weighted by Crippen LogP contribution is 2.69. The van der Waals surface area contributed by atoms with Crippen LogP contribution in [0.25, 0.3) is 5.65 Å². The standard InChI is InChI=1S/C21H18ClFN4O3/c22-14-3-2-13(6-15(14)23)30-9-19(29)25-21-10-20(11-21,12-21)8-17(28)16-7-18-24-4-1-5-27(18)26-16/h1-7H,8-12H2,(H,25,29). The molecule has 2 bridgehead atoms. The zero-order valence-electron chi connectivity index (χ0n) is 15.9. The third-order valence-corrected chi connectivity index (χ3v) is 6.17. The summed E-state index contributed by atoms with van der Waals surface area (Å²) in [4.78, 5) is 29.0. The molecule has 30 heavy (non-hydrogen) atoms. The molecule has 1 aromatic carbocycles. The molecule has 3 aromatic rings. The molecule has 0 saturated heterocycles. The number of nitrogens with zero attached hydrogens (tertiary/aromatic N) is 3. The van der Waals surface area contributed by atoms with Gasteiger partial charge in [0.1, 0.15) is 17.3 Å². The molecule has 3 aliphatic carbocycles. The number of amides is 1. The fraction of sp³-hybridized carbons (Fsp3) is 0.333. The largest absolute Gasteiger partial charge is 0.484 e. The number of Topliss-reactive ketones (excluding diaryl/α,β-unsaturated/α-hetero) is 1. The molecule has 2 heterocycles. The van der Waals surface area contributed by atoms with Crippen LogP contribution in [0.4, 0.5) is 4.39 Å². The molecule has 6 rings (SSSR count). The van der Waals surface area contributed by atoms with E-state index in [2.05, 4.69) is 15.4 Å². The molecule has 0 unspecified atom stereocenters. The zero-order chi connectivity index (χ0) is 20.9. The molecule has 7 nitrogen and oxygen atoms in total. The Balaban J connectivity index is 1.12. The Hall–Kier alpha value is -3.00. The van der Waals surface area contributed by atoms with E-state index in [-0.39, 0.29) is 40.0 Å². The molecule has 1 amide bonds. The minimum Gasteiger partial charge on any atom is -0.484 e. The third kappa shape index (κ3) is 3.31. The van der Waals surface area contributed by atoms with Crippen molar-refractivity contribution >= 4 is 28.9 Å². The van der Waals surface area contributed by atoms with Crippen molar-refractivity contribution < 1.29 is 18.7 Å². The van der Waals surface area contributed by atoms with E-state index in [1.807, 2.05) is 0 Å². The minimum absolute atomic E-state index is 0.000387. The maximum atomic E-state index is 13.4. The molecule has 3 saturated carbocycles. The molecule has 154 valence electrons. The van der Waals surface area contributed by atoms with Gasteiger partial charge < -0.3 is 10.1 Å². The van der Waals surface area contributed by atoms with Crippen LogP contribution in [0.2, 0.25) is 5.02 Å². The number of aromatic nitrogens is 3. The van der Waals surface area contributed by atoms with E-state index >= 15 is 0 Å². The molecule has 2 aromatic heterocycles. The van der Waals surface area contributed by atoms with Gasteiger partial charge in [-0.05, 0) is 42.9 Å². The Labute approximate surface area is 176 Å². The van der Waals surface area contributed by atoms with Crippen LogP contribution in [0.1, 0.15) is 36.2 Å². The van der Waals surface area contributed by atoms with Crippen molar-refractivity contribution in [2.24, 2.45) is 5.41 Å². The summed E-state index contributed by atoms with van der Waals surface area (Å²) in [5.41, 5.74) is 0.739. The Bertz CT molecular complexity index is 1130. The van der Waals surface area contributed by atoms with Gasteiger partial charge in [-0.2, -0.15) is 5.10 Å². The van der Waals surface area contributed by atoms with Gasteiger partial charge in [0.25, 0.3) is 5.91 Å². The summed E-state index contributed by atoms with van der Waals surface area (Å²) in [6.45, 7) is -0.205. The molecule has 0 atom stereocenters. The topological polar surface area (TPSA) is 85.6 Å². The van der Waals surface area contributed by atoms with E-state index in [4.69, 9.17) is 16.3 Å². The van der Waals surface area contributed by atoms with Gasteiger partial charge in [0.15, 0.2) is 18.0 Å². The fourth-order valence-electron chi connectivity index (χ4n) is 4.76. The minimum atomic E-state index is -0.595. The van der Waals surface area contributed by atoms with E-state index in [1.165, 1.54) is 12.1 Å². The van der Waals surface area contributed by atoms with Crippen LogP contribution in [0.15, 0.2) is 42.7 Å². The first-order chi connectivity index (χ1) is 14.4. The maximum Gasteiger partial charge on any atom is 0.258 e. The van der Waals surface area contributed by atoms with Crippen molar-refractivity contribution in [1.82, 2.24) is 19.9 Å². The first-order valence-corrected chi connectivity index (χ1v) is 9.96. The number of carbonyl (C=O) groups is 2. The number of hydrogen-bond acceptors (Lipinski definition) is 5. The van der Waals surface area contributed by atoms with E-state index in [9.17, 15) is 14.0 Å². The van der Waals surface area contributed by atoms with Crippen molar-refractivity contribution in [2.75, 3.05) is 6.61 Å². The predicted molar refractivity (Wildman–Crippen MR) is 106 cm³/mol. The monoisotopic (exact) mass is 428 g/mol. The van der Waals surface area contributed by atoms with Crippen molar-refractivity contribution in [2.45, 2.75) is 31.2 Å². The number of benzene rings is 1. The average molecular weight is 429 g/mol. The summed E-state index contributed by atoms with van der Waals surface area (Å²) >= 11 is 5.63. The highest BCUT2D eigenvalue weighted by Gasteiger charge is 2.68. The van der Waals surface area contributed by atoms with Crippen LogP contribution < -0.4 is 10.1 Å². The second kappa shape index (κ2) is 6.77. The highest BCUT2D eigenvalue weighted by atomic mass is 35.5. The van der Waals surface area contributed by atoms with E-state index in [0.29, 0.717) is 17.8 Å². The van der Waals surface area contributed by atoms with Crippen molar-refractivity contribution in [3.63, 3.8) is 0 Å². The summed E-state index contributed by atoms with van der Waals surface area (Å²) in [6, 6.07) is 7.49. The SMILES string of the molecule is O=C(COc1ccc(Cl)c(F)c1)NC12CC(CC(=O)c3cc4ncccn4n3)(C1)C2. The summed E-state index contributed by atoms with van der Waals surface area (Å²) < 4.78 is 20.3. The second-order valence-corrected chi connectivity index (χ2v) is 8.68. The van der Waals surface area contributed by atoms with Gasteiger partial charge >= 0.3 is 0 Å². The first kappa shape index (κ1) is 19.0. The van der Waals surface area contributed by atoms with Gasteiger partial charge in [-0.15, -0.1) is 0 Å². The predicted octanol–water partition coefficient (Wildman–Crippen LogP) is 3.21. The highest BCUT2D eigenvalue weighted by molar-refractivity contribution is 6.30. The van der Waals surface area contributed by atoms with E-state index < -0.39 is 5.82 Å². The molecule has 1 N–H and O–H groups in total. The summed E-state index contributed by atoms with van der Waals surface area (Å²) in [7, 11) is 0. The molecule has 3 fully saturated rings. The van der Waals surface area contributed by atoms with E-state index in [1.54, 1.807) is 29.0 Å². The Kier molecular flexibility index (Phi) is 4.28. The van der Waals surface area contributed by atoms with Crippen LogP contribution >= 0.6 is 11.6 Å². The molecule has 0 spiro atoms. The lowest BCUT2D eigenvalue weighted by Gasteiger charge is -2.70. The van der Waals surface area contributed by atoms with E-state index in [0.717, 1.165) is 25.3 Å². The number of ketones is 1. The zero-order valence-corrected chi connectivity index (χ0v) is 16.7. The number of hydrogen-bond donors (Lipinski definition) is 1. The maximum absolute atomic E-state index is 13.4. The van der Waals surface area contributed by atoms with Gasteiger partial charge in [0.2, 0.25) is 0 Å². The van der Waals surface area contributed by atoms with Gasteiger partial charge in [0.05, 0.1) is 5.02 Å². The lowest BCUT2D eigenvalue weighted by Crippen LogP contribution is -2.75. The smallest absolute Gasteiger partial charge is 0.258 e. The van der Waals surface area contributed by atoms with Crippen LogP contribution in [-0.2, 0) is 4.79 Å². The Morgan fingerprint density at radius 2 is 2.07 bits per heavy atom. The Morgan fingerprint density at radius 3 is 2.80 bits per heavy atom. The molecule has 9 heteroatoms. The molecular formula is C21H18ClFN4O3. The number of ether oxygens (including phenoxy) is 1. The molecule has 0 aliphatic heterocycles. The Morgan fingerprint density at radius 1 is 1.27 bits per heavy atom. The van der Waals surface area contributed by atoms with Crippen LogP contribution in [0, 0.1) is 11.2 Å². The van der Waals surface area contributed by atoms with Crippen molar-refractivity contribution in [3.05, 3.63) is 59.3 Å². The fourth-order valence-corrected chi connectivity index (χ4v) is 4.88. The molecular weight excluding hydrogens is 411 g/mol. The van der Waals surface area contributed by atoms with Crippen LogP contribution in [-0.4, -0.2) is 38.4 Å². The third-order valence-electron chi connectivity index (χ3n) is 5.86. The average Bonchev–Trinajstić information content (AvgIpc) is 3.10. The number of carbonyl (C=O) groups excluding carboxylic acids is 2. The van der Waals surface area contributed by atoms with Gasteiger partial charge in [-0.3, -0.25) is 9.59 Å². The summed E-state index contributed by atoms with van der Waals surface area (Å²) in [5.74, 6) is -0.625. The second-order valence-electron chi connectivity index (χ2n) is 8.28. The number of halogens is 2.